The van der Waals surface area contributed by atoms with Crippen molar-refractivity contribution in [3.8, 4) is 0 Å². The zero-order chi connectivity index (χ0) is 31.0. The number of carboxylic acid groups (broad SMARTS) is 1. The maximum atomic E-state index is 12.2. The molecule has 41 heavy (non-hydrogen) atoms. The van der Waals surface area contributed by atoms with Crippen LogP contribution in [0.4, 0.5) is 0 Å². The van der Waals surface area contributed by atoms with Gasteiger partial charge in [-0.3, -0.25) is 23.4 Å². The maximum absolute atomic E-state index is 12.2. The van der Waals surface area contributed by atoms with Gasteiger partial charge in [0.15, 0.2) is 6.10 Å². The van der Waals surface area contributed by atoms with Crippen LogP contribution >= 0.6 is 7.82 Å². The van der Waals surface area contributed by atoms with Crippen molar-refractivity contribution >= 4 is 25.7 Å². The average molecular weight is 611 g/mol. The first-order chi connectivity index (χ1) is 19.3. The Kier molecular flexibility index (Phi) is 23.1. The molecular formula is C29H57NO10P+. The minimum Gasteiger partial charge on any atom is -0.481 e. The Morgan fingerprint density at radius 2 is 1.22 bits per heavy atom. The molecule has 0 saturated carbocycles. The van der Waals surface area contributed by atoms with Gasteiger partial charge < -0.3 is 24.0 Å². The number of carboxylic acids is 1. The van der Waals surface area contributed by atoms with Gasteiger partial charge in [0.1, 0.15) is 19.8 Å². The first-order valence-electron chi connectivity index (χ1n) is 15.3. The second-order valence-corrected chi connectivity index (χ2v) is 13.1. The Labute approximate surface area is 247 Å². The summed E-state index contributed by atoms with van der Waals surface area (Å²) in [5.74, 6) is -2.20. The highest BCUT2D eigenvalue weighted by Gasteiger charge is 2.27. The summed E-state index contributed by atoms with van der Waals surface area (Å²) in [7, 11) is 1.28. The number of ether oxygens (including phenoxy) is 2. The number of hydrogen-bond donors (Lipinski definition) is 2. The molecule has 0 radical (unpaired) electrons. The smallest absolute Gasteiger partial charge is 0.472 e. The van der Waals surface area contributed by atoms with Crippen LogP contribution in [0.15, 0.2) is 0 Å². The summed E-state index contributed by atoms with van der Waals surface area (Å²) in [5, 5.41) is 8.74. The van der Waals surface area contributed by atoms with Crippen molar-refractivity contribution < 1.29 is 52.0 Å². The van der Waals surface area contributed by atoms with Gasteiger partial charge in [-0.15, -0.1) is 0 Å². The molecule has 2 N–H and O–H groups in total. The van der Waals surface area contributed by atoms with Gasteiger partial charge in [-0.2, -0.15) is 0 Å². The number of nitrogens with zero attached hydrogens (tertiary/aromatic N) is 1. The minimum absolute atomic E-state index is 0.0228. The van der Waals surface area contributed by atoms with E-state index in [4.69, 9.17) is 23.6 Å². The van der Waals surface area contributed by atoms with Gasteiger partial charge in [0.05, 0.1) is 27.7 Å². The van der Waals surface area contributed by atoms with Crippen molar-refractivity contribution in [1.82, 2.24) is 0 Å². The Morgan fingerprint density at radius 3 is 1.73 bits per heavy atom. The number of quaternary nitrogens is 1. The Morgan fingerprint density at radius 1 is 0.707 bits per heavy atom. The molecule has 0 bridgehead atoms. The summed E-state index contributed by atoms with van der Waals surface area (Å²) >= 11 is 0. The zero-order valence-corrected chi connectivity index (χ0v) is 26.9. The van der Waals surface area contributed by atoms with Crippen LogP contribution in [0.3, 0.4) is 0 Å². The van der Waals surface area contributed by atoms with Crippen molar-refractivity contribution in [3.05, 3.63) is 0 Å². The first-order valence-corrected chi connectivity index (χ1v) is 16.8. The van der Waals surface area contributed by atoms with Gasteiger partial charge in [-0.25, -0.2) is 4.57 Å². The van der Waals surface area contributed by atoms with Crippen LogP contribution in [0.5, 0.6) is 0 Å². The van der Waals surface area contributed by atoms with E-state index < -0.39 is 38.4 Å². The van der Waals surface area contributed by atoms with Crippen molar-refractivity contribution in [2.45, 2.75) is 122 Å². The van der Waals surface area contributed by atoms with Gasteiger partial charge in [-0.1, -0.05) is 84.0 Å². The molecule has 0 aliphatic heterocycles. The monoisotopic (exact) mass is 610 g/mol. The van der Waals surface area contributed by atoms with Gasteiger partial charge in [0, 0.05) is 19.3 Å². The molecule has 1 unspecified atom stereocenters. The summed E-state index contributed by atoms with van der Waals surface area (Å²) in [6, 6.07) is 0. The molecule has 0 aliphatic carbocycles. The van der Waals surface area contributed by atoms with Crippen molar-refractivity contribution in [2.24, 2.45) is 0 Å². The highest BCUT2D eigenvalue weighted by atomic mass is 31.2. The number of aliphatic carboxylic acids is 1. The Balaban J connectivity index is 4.34. The second kappa shape index (κ2) is 24.0. The quantitative estimate of drug-likeness (QED) is 0.0467. The van der Waals surface area contributed by atoms with Crippen molar-refractivity contribution in [3.63, 3.8) is 0 Å². The van der Waals surface area contributed by atoms with E-state index in [0.717, 1.165) is 19.3 Å². The first kappa shape index (κ1) is 39.5. The number of likely N-dealkylation sites (N-methyl/N-ethyl adjacent to an activating group) is 1. The van der Waals surface area contributed by atoms with Gasteiger partial charge in [0.25, 0.3) is 0 Å². The second-order valence-electron chi connectivity index (χ2n) is 11.6. The molecular weight excluding hydrogens is 553 g/mol. The fourth-order valence-corrected chi connectivity index (χ4v) is 4.68. The molecule has 12 heteroatoms. The van der Waals surface area contributed by atoms with E-state index in [1.807, 2.05) is 21.1 Å². The molecule has 0 aromatic rings. The lowest BCUT2D eigenvalue weighted by atomic mass is 10.0. The van der Waals surface area contributed by atoms with Gasteiger partial charge >= 0.3 is 25.7 Å². The number of esters is 2. The number of carbonyl (C=O) groups is 3. The molecule has 0 fully saturated rings. The molecule has 0 amide bonds. The maximum Gasteiger partial charge on any atom is 0.472 e. The highest BCUT2D eigenvalue weighted by molar-refractivity contribution is 7.47. The number of unbranched alkanes of at least 4 members (excludes halogenated alkanes) is 12. The fraction of sp³-hybridized carbons (Fsp3) is 0.897. The number of carbonyl (C=O) groups excluding carboxylic acids is 2. The van der Waals surface area contributed by atoms with Crippen LogP contribution in [0.25, 0.3) is 0 Å². The Hall–Kier alpha value is -1.52. The van der Waals surface area contributed by atoms with E-state index in [2.05, 4.69) is 6.92 Å². The summed E-state index contributed by atoms with van der Waals surface area (Å²) in [5.41, 5.74) is 0. The molecule has 0 rings (SSSR count). The average Bonchev–Trinajstić information content (AvgIpc) is 2.87. The third kappa shape index (κ3) is 28.4. The summed E-state index contributed by atoms with van der Waals surface area (Å²) in [6.07, 6.45) is 14.4. The standard InChI is InChI=1S/C29H56NO10P/c1-5-6-7-8-9-10-11-12-13-14-15-16-17-20-28(33)37-24-26(40-29(34)21-18-19-27(31)32)25-39-41(35,36)38-23-22-30(2,3)4/h26H,5-25H2,1-4H3,(H-,31,32,35,36)/p+1/t26-/m1/s1. The molecule has 0 aromatic carbocycles. The predicted octanol–water partition coefficient (Wildman–Crippen LogP) is 6.02. The number of rotatable bonds is 28. The van der Waals surface area contributed by atoms with Crippen LogP contribution in [0.2, 0.25) is 0 Å². The lowest BCUT2D eigenvalue weighted by Gasteiger charge is -2.24. The predicted molar refractivity (Wildman–Crippen MR) is 157 cm³/mol. The summed E-state index contributed by atoms with van der Waals surface area (Å²) < 4.78 is 33.2. The molecule has 242 valence electrons. The Bertz CT molecular complexity index is 756. The molecule has 2 atom stereocenters. The number of hydrogen-bond acceptors (Lipinski definition) is 8. The van der Waals surface area contributed by atoms with E-state index >= 15 is 0 Å². The topological polar surface area (TPSA) is 146 Å². The third-order valence-corrected chi connectivity index (χ3v) is 7.41. The van der Waals surface area contributed by atoms with Crippen LogP contribution in [0, 0.1) is 0 Å². The van der Waals surface area contributed by atoms with E-state index in [0.29, 0.717) is 17.4 Å². The lowest BCUT2D eigenvalue weighted by Crippen LogP contribution is -2.37. The summed E-state index contributed by atoms with van der Waals surface area (Å²) in [4.78, 5) is 45.0. The zero-order valence-electron chi connectivity index (χ0n) is 26.0. The van der Waals surface area contributed by atoms with Crippen LogP contribution in [0.1, 0.15) is 116 Å². The molecule has 0 aromatic heterocycles. The normalized spacial score (nSPS) is 13.9. The van der Waals surface area contributed by atoms with Crippen LogP contribution in [-0.4, -0.2) is 86.0 Å². The molecule has 0 aliphatic rings. The fourth-order valence-electron chi connectivity index (χ4n) is 3.93. The highest BCUT2D eigenvalue weighted by Crippen LogP contribution is 2.43. The molecule has 0 heterocycles. The van der Waals surface area contributed by atoms with E-state index in [1.54, 1.807) is 0 Å². The van der Waals surface area contributed by atoms with Gasteiger partial charge in [-0.05, 0) is 12.8 Å². The molecule has 0 spiro atoms. The number of phosphoric acid groups is 1. The van der Waals surface area contributed by atoms with Gasteiger partial charge in [0.2, 0.25) is 0 Å². The van der Waals surface area contributed by atoms with Crippen LogP contribution in [-0.2, 0) is 37.5 Å². The SMILES string of the molecule is CCCCCCCCCCCCCCCC(=O)OC[C@H](COP(=O)(O)OCC[N+](C)(C)C)OC(=O)CCCC(=O)O. The lowest BCUT2D eigenvalue weighted by molar-refractivity contribution is -0.870. The minimum atomic E-state index is -4.42. The molecule has 11 nitrogen and oxygen atoms in total. The molecule has 0 saturated heterocycles. The van der Waals surface area contributed by atoms with E-state index in [-0.39, 0.29) is 38.9 Å². The number of phosphoric ester groups is 1. The van der Waals surface area contributed by atoms with E-state index in [9.17, 15) is 23.8 Å². The summed E-state index contributed by atoms with van der Waals surface area (Å²) in [6.45, 7) is 1.81. The van der Waals surface area contributed by atoms with Crippen molar-refractivity contribution in [1.29, 1.82) is 0 Å². The van der Waals surface area contributed by atoms with E-state index in [1.165, 1.54) is 57.8 Å². The van der Waals surface area contributed by atoms with Crippen molar-refractivity contribution in [2.75, 3.05) is 47.5 Å². The van der Waals surface area contributed by atoms with Crippen LogP contribution < -0.4 is 0 Å². The third-order valence-electron chi connectivity index (χ3n) is 6.42. The largest absolute Gasteiger partial charge is 0.481 e.